The third-order valence-corrected chi connectivity index (χ3v) is 2.46. The topological polar surface area (TPSA) is 97.1 Å². The van der Waals surface area contributed by atoms with Crippen molar-refractivity contribution in [3.05, 3.63) is 11.6 Å². The van der Waals surface area contributed by atoms with Gasteiger partial charge < -0.3 is 15.6 Å². The minimum absolute atomic E-state index is 0.305. The molecule has 2 heterocycles. The fourth-order valence-corrected chi connectivity index (χ4v) is 1.53. The molecule has 0 aromatic carbocycles. The Bertz CT molecular complexity index is 306. The molecule has 78 valence electrons. The van der Waals surface area contributed by atoms with E-state index in [1.54, 1.807) is 0 Å². The van der Waals surface area contributed by atoms with E-state index in [1.165, 1.54) is 0 Å². The molecule has 1 aromatic rings. The van der Waals surface area contributed by atoms with Crippen LogP contribution in [0.25, 0.3) is 0 Å². The SMILES string of the molecule is NCc1nc(C2(O)CCOCC2)n[nH]1. The van der Waals surface area contributed by atoms with Gasteiger partial charge in [0, 0.05) is 26.1 Å². The van der Waals surface area contributed by atoms with Crippen LogP contribution >= 0.6 is 0 Å². The first kappa shape index (κ1) is 9.57. The molecule has 1 saturated heterocycles. The summed E-state index contributed by atoms with van der Waals surface area (Å²) in [6.07, 6.45) is 1.07. The van der Waals surface area contributed by atoms with E-state index in [0.717, 1.165) is 0 Å². The highest BCUT2D eigenvalue weighted by atomic mass is 16.5. The molecule has 4 N–H and O–H groups in total. The van der Waals surface area contributed by atoms with Crippen molar-refractivity contribution in [1.29, 1.82) is 0 Å². The van der Waals surface area contributed by atoms with Crippen LogP contribution in [-0.2, 0) is 16.9 Å². The molecule has 0 amide bonds. The summed E-state index contributed by atoms with van der Waals surface area (Å²) in [5, 5.41) is 16.8. The number of nitrogens with zero attached hydrogens (tertiary/aromatic N) is 2. The molecule has 6 heteroatoms. The summed E-state index contributed by atoms with van der Waals surface area (Å²) in [4.78, 5) is 4.13. The lowest BCUT2D eigenvalue weighted by atomic mass is 9.94. The average Bonchev–Trinajstić information content (AvgIpc) is 2.67. The highest BCUT2D eigenvalue weighted by Gasteiger charge is 2.35. The van der Waals surface area contributed by atoms with E-state index in [2.05, 4.69) is 15.2 Å². The van der Waals surface area contributed by atoms with Crippen molar-refractivity contribution in [1.82, 2.24) is 15.2 Å². The van der Waals surface area contributed by atoms with Gasteiger partial charge in [0.15, 0.2) is 5.82 Å². The van der Waals surface area contributed by atoms with Gasteiger partial charge in [-0.2, -0.15) is 5.10 Å². The maximum atomic E-state index is 10.2. The van der Waals surface area contributed by atoms with E-state index in [0.29, 0.717) is 44.2 Å². The molecule has 1 aliphatic heterocycles. The van der Waals surface area contributed by atoms with Gasteiger partial charge >= 0.3 is 0 Å². The number of hydrogen-bond acceptors (Lipinski definition) is 5. The lowest BCUT2D eigenvalue weighted by Gasteiger charge is -2.28. The molecule has 0 atom stereocenters. The first-order valence-electron chi connectivity index (χ1n) is 4.66. The quantitative estimate of drug-likeness (QED) is 0.581. The van der Waals surface area contributed by atoms with Crippen LogP contribution in [0.3, 0.4) is 0 Å². The highest BCUT2D eigenvalue weighted by molar-refractivity contribution is 5.03. The molecule has 1 fully saturated rings. The lowest BCUT2D eigenvalue weighted by Crippen LogP contribution is -2.34. The van der Waals surface area contributed by atoms with Crippen LogP contribution in [-0.4, -0.2) is 33.5 Å². The number of nitrogens with two attached hydrogens (primary N) is 1. The van der Waals surface area contributed by atoms with E-state index < -0.39 is 5.60 Å². The molecule has 14 heavy (non-hydrogen) atoms. The van der Waals surface area contributed by atoms with Crippen molar-refractivity contribution in [3.8, 4) is 0 Å². The second kappa shape index (κ2) is 3.64. The van der Waals surface area contributed by atoms with Crippen LogP contribution in [0.15, 0.2) is 0 Å². The van der Waals surface area contributed by atoms with Crippen LogP contribution in [0.2, 0.25) is 0 Å². The molecule has 0 spiro atoms. The number of hydrogen-bond donors (Lipinski definition) is 3. The summed E-state index contributed by atoms with van der Waals surface area (Å²) < 4.78 is 5.17. The fraction of sp³-hybridized carbons (Fsp3) is 0.750. The number of aromatic nitrogens is 3. The Labute approximate surface area is 81.5 Å². The normalized spacial score (nSPS) is 21.0. The van der Waals surface area contributed by atoms with Crippen molar-refractivity contribution >= 4 is 0 Å². The Morgan fingerprint density at radius 2 is 2.21 bits per heavy atom. The molecule has 1 aromatic heterocycles. The molecule has 2 rings (SSSR count). The number of ether oxygens (including phenoxy) is 1. The maximum absolute atomic E-state index is 10.2. The average molecular weight is 198 g/mol. The summed E-state index contributed by atoms with van der Waals surface area (Å²) >= 11 is 0. The Kier molecular flexibility index (Phi) is 2.49. The zero-order chi connectivity index (χ0) is 10.0. The second-order valence-corrected chi connectivity index (χ2v) is 3.45. The predicted octanol–water partition coefficient (Wildman–Crippen LogP) is -0.739. The Hall–Kier alpha value is -0.980. The van der Waals surface area contributed by atoms with Gasteiger partial charge in [0.1, 0.15) is 11.4 Å². The van der Waals surface area contributed by atoms with Gasteiger partial charge in [-0.1, -0.05) is 0 Å². The largest absolute Gasteiger partial charge is 0.382 e. The minimum Gasteiger partial charge on any atom is -0.382 e. The van der Waals surface area contributed by atoms with Crippen LogP contribution in [0, 0.1) is 0 Å². The predicted molar refractivity (Wildman–Crippen MR) is 48.2 cm³/mol. The summed E-state index contributed by atoms with van der Waals surface area (Å²) in [7, 11) is 0. The third-order valence-electron chi connectivity index (χ3n) is 2.46. The zero-order valence-corrected chi connectivity index (χ0v) is 7.86. The third kappa shape index (κ3) is 1.63. The maximum Gasteiger partial charge on any atom is 0.182 e. The second-order valence-electron chi connectivity index (χ2n) is 3.45. The Morgan fingerprint density at radius 1 is 1.50 bits per heavy atom. The molecule has 0 aliphatic carbocycles. The van der Waals surface area contributed by atoms with Crippen LogP contribution in [0.4, 0.5) is 0 Å². The Balaban J connectivity index is 2.19. The molecule has 0 unspecified atom stereocenters. The van der Waals surface area contributed by atoms with Crippen molar-refractivity contribution in [3.63, 3.8) is 0 Å². The number of aromatic amines is 1. The summed E-state index contributed by atoms with van der Waals surface area (Å²) in [6.45, 7) is 1.39. The molecular formula is C8H14N4O2. The molecule has 1 aliphatic rings. The molecule has 6 nitrogen and oxygen atoms in total. The summed E-state index contributed by atoms with van der Waals surface area (Å²) in [5.74, 6) is 1.03. The van der Waals surface area contributed by atoms with Crippen molar-refractivity contribution < 1.29 is 9.84 Å². The number of aliphatic hydroxyl groups is 1. The van der Waals surface area contributed by atoms with Gasteiger partial charge in [0.25, 0.3) is 0 Å². The Morgan fingerprint density at radius 3 is 2.79 bits per heavy atom. The van der Waals surface area contributed by atoms with E-state index in [9.17, 15) is 5.11 Å². The van der Waals surface area contributed by atoms with Crippen molar-refractivity contribution in [2.24, 2.45) is 5.73 Å². The van der Waals surface area contributed by atoms with Gasteiger partial charge in [0.2, 0.25) is 0 Å². The standard InChI is InChI=1S/C8H14N4O2/c9-5-6-10-7(12-11-6)8(13)1-3-14-4-2-8/h13H,1-5,9H2,(H,10,11,12). The molecule has 0 bridgehead atoms. The first-order valence-corrected chi connectivity index (χ1v) is 4.66. The van der Waals surface area contributed by atoms with Crippen molar-refractivity contribution in [2.45, 2.75) is 25.0 Å². The van der Waals surface area contributed by atoms with E-state index in [4.69, 9.17) is 10.5 Å². The van der Waals surface area contributed by atoms with Crippen LogP contribution in [0.1, 0.15) is 24.5 Å². The summed E-state index contributed by atoms with van der Waals surface area (Å²) in [6, 6.07) is 0. The van der Waals surface area contributed by atoms with Gasteiger partial charge in [-0.3, -0.25) is 5.10 Å². The first-order chi connectivity index (χ1) is 6.74. The van der Waals surface area contributed by atoms with E-state index in [1.807, 2.05) is 0 Å². The smallest absolute Gasteiger partial charge is 0.182 e. The van der Waals surface area contributed by atoms with Crippen LogP contribution in [0.5, 0.6) is 0 Å². The lowest BCUT2D eigenvalue weighted by molar-refractivity contribution is -0.0732. The van der Waals surface area contributed by atoms with E-state index >= 15 is 0 Å². The van der Waals surface area contributed by atoms with Gasteiger partial charge in [-0.05, 0) is 0 Å². The van der Waals surface area contributed by atoms with Gasteiger partial charge in [-0.15, -0.1) is 0 Å². The number of rotatable bonds is 2. The van der Waals surface area contributed by atoms with E-state index in [-0.39, 0.29) is 0 Å². The molecule has 0 saturated carbocycles. The van der Waals surface area contributed by atoms with Crippen LogP contribution < -0.4 is 5.73 Å². The highest BCUT2D eigenvalue weighted by Crippen LogP contribution is 2.28. The molecule has 0 radical (unpaired) electrons. The monoisotopic (exact) mass is 198 g/mol. The zero-order valence-electron chi connectivity index (χ0n) is 7.86. The summed E-state index contributed by atoms with van der Waals surface area (Å²) in [5.41, 5.74) is 4.45. The number of nitrogens with one attached hydrogen (secondary N) is 1. The molecular weight excluding hydrogens is 184 g/mol. The van der Waals surface area contributed by atoms with Gasteiger partial charge in [-0.25, -0.2) is 4.98 Å². The van der Waals surface area contributed by atoms with Gasteiger partial charge in [0.05, 0.1) is 6.54 Å². The van der Waals surface area contributed by atoms with Crippen molar-refractivity contribution in [2.75, 3.05) is 13.2 Å². The number of H-pyrrole nitrogens is 1. The minimum atomic E-state index is -0.942. The fourth-order valence-electron chi connectivity index (χ4n) is 1.53.